The highest BCUT2D eigenvalue weighted by Gasteiger charge is 2.21. The van der Waals surface area contributed by atoms with Crippen LogP contribution in [0.25, 0.3) is 22.1 Å². The van der Waals surface area contributed by atoms with Crippen molar-refractivity contribution in [3.05, 3.63) is 93.8 Å². The molecule has 0 bridgehead atoms. The third kappa shape index (κ3) is 4.57. The van der Waals surface area contributed by atoms with E-state index >= 15 is 0 Å². The van der Waals surface area contributed by atoms with E-state index in [4.69, 9.17) is 9.15 Å². The number of ether oxygens (including phenoxy) is 1. The Morgan fingerprint density at radius 3 is 2.53 bits per heavy atom. The largest absolute Gasteiger partial charge is 0.508 e. The van der Waals surface area contributed by atoms with Crippen LogP contribution in [0.1, 0.15) is 29.5 Å². The smallest absolute Gasteiger partial charge is 0.344 e. The molecule has 1 aliphatic heterocycles. The quantitative estimate of drug-likeness (QED) is 0.387. The third-order valence-corrected chi connectivity index (χ3v) is 6.76. The summed E-state index contributed by atoms with van der Waals surface area (Å²) < 4.78 is 11.6. The summed E-state index contributed by atoms with van der Waals surface area (Å²) >= 11 is 0. The first-order valence-corrected chi connectivity index (χ1v) is 11.8. The molecular weight excluding hydrogens is 426 g/mol. The molecule has 1 saturated heterocycles. The van der Waals surface area contributed by atoms with E-state index in [1.807, 2.05) is 61.5 Å². The van der Waals surface area contributed by atoms with Gasteiger partial charge < -0.3 is 19.2 Å². The van der Waals surface area contributed by atoms with E-state index in [1.54, 1.807) is 6.07 Å². The van der Waals surface area contributed by atoms with Gasteiger partial charge in [-0.05, 0) is 80.7 Å². The lowest BCUT2D eigenvalue weighted by Crippen LogP contribution is -2.30. The second-order valence-electron chi connectivity index (χ2n) is 9.20. The van der Waals surface area contributed by atoms with Gasteiger partial charge in [-0.25, -0.2) is 4.79 Å². The molecular formula is C29H29NO4. The van der Waals surface area contributed by atoms with E-state index in [9.17, 15) is 9.90 Å². The summed E-state index contributed by atoms with van der Waals surface area (Å²) in [6.45, 7) is 3.85. The van der Waals surface area contributed by atoms with Gasteiger partial charge in [-0.2, -0.15) is 0 Å². The minimum absolute atomic E-state index is 0.0686. The SMILES string of the molecule is Cc1ccc(-c2c(Cc3ccc(OCC4CCCN4C)cc3)c3ccc(O)cc3oc2=O)cc1. The van der Waals surface area contributed by atoms with Gasteiger partial charge in [0.15, 0.2) is 0 Å². The van der Waals surface area contributed by atoms with E-state index < -0.39 is 5.63 Å². The number of rotatable bonds is 6. The molecule has 0 aliphatic carbocycles. The summed E-state index contributed by atoms with van der Waals surface area (Å²) in [5, 5.41) is 10.7. The van der Waals surface area contributed by atoms with E-state index in [1.165, 1.54) is 18.9 Å². The van der Waals surface area contributed by atoms with Crippen LogP contribution in [0.2, 0.25) is 0 Å². The van der Waals surface area contributed by atoms with Gasteiger partial charge in [0, 0.05) is 17.5 Å². The van der Waals surface area contributed by atoms with Crippen molar-refractivity contribution in [1.82, 2.24) is 4.90 Å². The Kier molecular flexibility index (Phi) is 6.12. The van der Waals surface area contributed by atoms with Crippen LogP contribution in [0.3, 0.4) is 0 Å². The summed E-state index contributed by atoms with van der Waals surface area (Å²) in [5.74, 6) is 0.921. The summed E-state index contributed by atoms with van der Waals surface area (Å²) in [6, 6.07) is 21.4. The number of hydrogen-bond donors (Lipinski definition) is 1. The lowest BCUT2D eigenvalue weighted by Gasteiger charge is -2.19. The fraction of sp³-hybridized carbons (Fsp3) is 0.276. The van der Waals surface area contributed by atoms with Crippen molar-refractivity contribution >= 4 is 11.0 Å². The highest BCUT2D eigenvalue weighted by molar-refractivity contribution is 5.88. The molecule has 0 amide bonds. The zero-order valence-corrected chi connectivity index (χ0v) is 19.6. The Morgan fingerprint density at radius 1 is 1.06 bits per heavy atom. The van der Waals surface area contributed by atoms with Gasteiger partial charge in [0.1, 0.15) is 23.7 Å². The number of likely N-dealkylation sites (tertiary alicyclic amines) is 1. The van der Waals surface area contributed by atoms with Crippen molar-refractivity contribution in [2.45, 2.75) is 32.2 Å². The fourth-order valence-corrected chi connectivity index (χ4v) is 4.74. The molecule has 4 aromatic rings. The molecule has 1 fully saturated rings. The molecule has 1 N–H and O–H groups in total. The first-order chi connectivity index (χ1) is 16.5. The standard InChI is InChI=1S/C29H29NO4/c1-19-5-9-21(10-6-19)28-26(25-14-11-23(31)17-27(25)34-29(28)32)16-20-7-12-24(13-8-20)33-18-22-4-3-15-30(22)2/h5-14,17,22,31H,3-4,15-16,18H2,1-2H3. The molecule has 0 radical (unpaired) electrons. The van der Waals surface area contributed by atoms with Crippen molar-refractivity contribution in [3.8, 4) is 22.6 Å². The van der Waals surface area contributed by atoms with Crippen LogP contribution in [0.15, 0.2) is 75.9 Å². The predicted octanol–water partition coefficient (Wildman–Crippen LogP) is 5.54. The van der Waals surface area contributed by atoms with Gasteiger partial charge in [-0.15, -0.1) is 0 Å². The van der Waals surface area contributed by atoms with E-state index in [0.29, 0.717) is 30.2 Å². The number of fused-ring (bicyclic) bond motifs is 1. The highest BCUT2D eigenvalue weighted by atomic mass is 16.5. The minimum atomic E-state index is -0.405. The maximum atomic E-state index is 13.1. The van der Waals surface area contributed by atoms with Gasteiger partial charge in [-0.1, -0.05) is 42.0 Å². The predicted molar refractivity (Wildman–Crippen MR) is 135 cm³/mol. The molecule has 5 heteroatoms. The van der Waals surface area contributed by atoms with Crippen LogP contribution in [0.5, 0.6) is 11.5 Å². The molecule has 34 heavy (non-hydrogen) atoms. The first-order valence-electron chi connectivity index (χ1n) is 11.8. The number of likely N-dealkylation sites (N-methyl/N-ethyl adjacent to an activating group) is 1. The van der Waals surface area contributed by atoms with Crippen LogP contribution in [-0.4, -0.2) is 36.2 Å². The van der Waals surface area contributed by atoms with Crippen molar-refractivity contribution in [2.24, 2.45) is 0 Å². The maximum Gasteiger partial charge on any atom is 0.344 e. The summed E-state index contributed by atoms with van der Waals surface area (Å²) in [5.41, 5.74) is 4.44. The number of phenolic OH excluding ortho intramolecular Hbond substituents is 1. The maximum absolute atomic E-state index is 13.1. The minimum Gasteiger partial charge on any atom is -0.508 e. The number of hydrogen-bond acceptors (Lipinski definition) is 5. The molecule has 0 spiro atoms. The van der Waals surface area contributed by atoms with E-state index in [2.05, 4.69) is 11.9 Å². The average molecular weight is 456 g/mol. The van der Waals surface area contributed by atoms with Crippen LogP contribution >= 0.6 is 0 Å². The lowest BCUT2D eigenvalue weighted by atomic mass is 9.93. The molecule has 5 rings (SSSR count). The van der Waals surface area contributed by atoms with Crippen LogP contribution in [0, 0.1) is 6.92 Å². The number of aromatic hydroxyl groups is 1. The topological polar surface area (TPSA) is 62.9 Å². The Labute approximate surface area is 199 Å². The van der Waals surface area contributed by atoms with Crippen molar-refractivity contribution < 1.29 is 14.3 Å². The van der Waals surface area contributed by atoms with Crippen molar-refractivity contribution in [1.29, 1.82) is 0 Å². The molecule has 174 valence electrons. The Morgan fingerprint density at radius 2 is 1.82 bits per heavy atom. The second-order valence-corrected chi connectivity index (χ2v) is 9.20. The number of aryl methyl sites for hydroxylation is 1. The first kappa shape index (κ1) is 22.2. The van der Waals surface area contributed by atoms with Crippen molar-refractivity contribution in [2.75, 3.05) is 20.2 Å². The lowest BCUT2D eigenvalue weighted by molar-refractivity contribution is 0.198. The molecule has 1 atom stereocenters. The molecule has 2 heterocycles. The van der Waals surface area contributed by atoms with Gasteiger partial charge >= 0.3 is 5.63 Å². The number of benzene rings is 3. The van der Waals surface area contributed by atoms with E-state index in [-0.39, 0.29) is 5.75 Å². The average Bonchev–Trinajstić information content (AvgIpc) is 3.24. The van der Waals surface area contributed by atoms with Gasteiger partial charge in [-0.3, -0.25) is 0 Å². The molecule has 5 nitrogen and oxygen atoms in total. The third-order valence-electron chi connectivity index (χ3n) is 6.76. The normalized spacial score (nSPS) is 16.2. The van der Waals surface area contributed by atoms with Gasteiger partial charge in [0.2, 0.25) is 0 Å². The van der Waals surface area contributed by atoms with Crippen LogP contribution in [0.4, 0.5) is 0 Å². The summed E-state index contributed by atoms with van der Waals surface area (Å²) in [6.07, 6.45) is 2.96. The summed E-state index contributed by atoms with van der Waals surface area (Å²) in [7, 11) is 2.15. The molecule has 3 aromatic carbocycles. The fourth-order valence-electron chi connectivity index (χ4n) is 4.74. The number of phenols is 1. The van der Waals surface area contributed by atoms with Crippen molar-refractivity contribution in [3.63, 3.8) is 0 Å². The zero-order valence-electron chi connectivity index (χ0n) is 19.6. The van der Waals surface area contributed by atoms with Gasteiger partial charge in [0.25, 0.3) is 0 Å². The zero-order chi connectivity index (χ0) is 23.7. The van der Waals surface area contributed by atoms with Gasteiger partial charge in [0.05, 0.1) is 5.56 Å². The highest BCUT2D eigenvalue weighted by Crippen LogP contribution is 2.31. The van der Waals surface area contributed by atoms with Crippen LogP contribution in [-0.2, 0) is 6.42 Å². The number of nitrogens with zero attached hydrogens (tertiary/aromatic N) is 1. The van der Waals surface area contributed by atoms with E-state index in [0.717, 1.165) is 39.9 Å². The Bertz CT molecular complexity index is 1360. The molecule has 1 aromatic heterocycles. The van der Waals surface area contributed by atoms with Crippen LogP contribution < -0.4 is 10.4 Å². The second kappa shape index (κ2) is 9.35. The Balaban J connectivity index is 1.48. The molecule has 0 saturated carbocycles. The Hall–Kier alpha value is -3.57. The molecule has 1 aliphatic rings. The molecule has 1 unspecified atom stereocenters. The summed E-state index contributed by atoms with van der Waals surface area (Å²) in [4.78, 5) is 15.4. The monoisotopic (exact) mass is 455 g/mol.